The van der Waals surface area contributed by atoms with Crippen LogP contribution < -0.4 is 5.43 Å². The number of nitrogens with zero attached hydrogens (tertiary/aromatic N) is 1. The van der Waals surface area contributed by atoms with E-state index in [0.29, 0.717) is 21.3 Å². The zero-order chi connectivity index (χ0) is 14.5. The maximum Gasteiger partial charge on any atom is 0.271 e. The number of hydrogen-bond donors (Lipinski definition) is 1. The summed E-state index contributed by atoms with van der Waals surface area (Å²) in [6.07, 6.45) is 0. The van der Waals surface area contributed by atoms with E-state index in [1.165, 1.54) is 0 Å². The van der Waals surface area contributed by atoms with Crippen molar-refractivity contribution in [1.82, 2.24) is 5.43 Å². The topological polar surface area (TPSA) is 41.5 Å². The summed E-state index contributed by atoms with van der Waals surface area (Å²) in [5, 5.41) is 5.23. The normalized spacial score (nSPS) is 11.2. The van der Waals surface area contributed by atoms with Gasteiger partial charge in [0.15, 0.2) is 0 Å². The van der Waals surface area contributed by atoms with E-state index in [2.05, 4.69) is 10.5 Å². The van der Waals surface area contributed by atoms with Crippen molar-refractivity contribution < 1.29 is 4.79 Å². The summed E-state index contributed by atoms with van der Waals surface area (Å²) in [5.74, 6) is -0.298. The molecular formula is C15H12Cl2N2O. The second-order valence-electron chi connectivity index (χ2n) is 4.12. The van der Waals surface area contributed by atoms with Crippen molar-refractivity contribution in [2.75, 3.05) is 0 Å². The van der Waals surface area contributed by atoms with Gasteiger partial charge in [0, 0.05) is 21.2 Å². The van der Waals surface area contributed by atoms with Gasteiger partial charge >= 0.3 is 0 Å². The lowest BCUT2D eigenvalue weighted by atomic mass is 10.1. The second-order valence-corrected chi connectivity index (χ2v) is 4.97. The van der Waals surface area contributed by atoms with E-state index in [1.54, 1.807) is 37.3 Å². The first-order chi connectivity index (χ1) is 9.58. The van der Waals surface area contributed by atoms with Crippen LogP contribution in [0.2, 0.25) is 10.0 Å². The predicted molar refractivity (Wildman–Crippen MR) is 82.6 cm³/mol. The molecule has 20 heavy (non-hydrogen) atoms. The molecule has 0 aliphatic rings. The van der Waals surface area contributed by atoms with Crippen LogP contribution in [0.15, 0.2) is 53.6 Å². The van der Waals surface area contributed by atoms with Crippen molar-refractivity contribution in [1.29, 1.82) is 0 Å². The molecule has 1 N–H and O–H groups in total. The van der Waals surface area contributed by atoms with Crippen LogP contribution in [0.25, 0.3) is 0 Å². The molecule has 0 saturated heterocycles. The Morgan fingerprint density at radius 3 is 2.35 bits per heavy atom. The quantitative estimate of drug-likeness (QED) is 0.672. The van der Waals surface area contributed by atoms with Gasteiger partial charge in [0.2, 0.25) is 0 Å². The van der Waals surface area contributed by atoms with Crippen LogP contribution in [0.1, 0.15) is 22.8 Å². The molecule has 0 heterocycles. The van der Waals surface area contributed by atoms with E-state index in [-0.39, 0.29) is 5.91 Å². The summed E-state index contributed by atoms with van der Waals surface area (Å²) >= 11 is 11.8. The molecule has 0 bridgehead atoms. The lowest BCUT2D eigenvalue weighted by Crippen LogP contribution is -2.19. The van der Waals surface area contributed by atoms with E-state index < -0.39 is 0 Å². The number of rotatable bonds is 3. The molecule has 0 radical (unpaired) electrons. The molecule has 2 aromatic carbocycles. The second kappa shape index (κ2) is 6.55. The minimum absolute atomic E-state index is 0.298. The number of hydrazone groups is 1. The molecule has 0 spiro atoms. The Bertz CT molecular complexity index is 651. The Labute approximate surface area is 127 Å². The number of carbonyl (C=O) groups is 1. The van der Waals surface area contributed by atoms with Gasteiger partial charge < -0.3 is 0 Å². The lowest BCUT2D eigenvalue weighted by Gasteiger charge is -2.04. The monoisotopic (exact) mass is 306 g/mol. The standard InChI is InChI=1S/C15H12Cl2N2O/c1-10(13-4-2-3-5-14(13)17)18-19-15(20)11-6-8-12(16)9-7-11/h2-9H,1H3,(H,19,20). The summed E-state index contributed by atoms with van der Waals surface area (Å²) in [5.41, 5.74) is 4.40. The zero-order valence-electron chi connectivity index (χ0n) is 10.7. The molecule has 0 aliphatic heterocycles. The molecule has 0 aromatic heterocycles. The molecule has 2 rings (SSSR count). The van der Waals surface area contributed by atoms with Gasteiger partial charge in [-0.15, -0.1) is 0 Å². The van der Waals surface area contributed by atoms with Crippen molar-refractivity contribution in [3.8, 4) is 0 Å². The Kier molecular flexibility index (Phi) is 4.77. The van der Waals surface area contributed by atoms with E-state index in [1.807, 2.05) is 18.2 Å². The van der Waals surface area contributed by atoms with Crippen LogP contribution in [-0.4, -0.2) is 11.6 Å². The summed E-state index contributed by atoms with van der Waals surface area (Å²) in [6.45, 7) is 1.78. The predicted octanol–water partition coefficient (Wildman–Crippen LogP) is 4.15. The van der Waals surface area contributed by atoms with E-state index >= 15 is 0 Å². The molecular weight excluding hydrogens is 295 g/mol. The van der Waals surface area contributed by atoms with E-state index in [9.17, 15) is 4.79 Å². The summed E-state index contributed by atoms with van der Waals surface area (Å²) < 4.78 is 0. The SMILES string of the molecule is CC(=NNC(=O)c1ccc(Cl)cc1)c1ccccc1Cl. The van der Waals surface area contributed by atoms with Gasteiger partial charge in [0.05, 0.1) is 5.71 Å². The van der Waals surface area contributed by atoms with Crippen molar-refractivity contribution in [2.24, 2.45) is 5.10 Å². The lowest BCUT2D eigenvalue weighted by molar-refractivity contribution is 0.0955. The largest absolute Gasteiger partial charge is 0.271 e. The third-order valence-electron chi connectivity index (χ3n) is 2.70. The minimum Gasteiger partial charge on any atom is -0.267 e. The van der Waals surface area contributed by atoms with Crippen LogP contribution in [0, 0.1) is 0 Å². The van der Waals surface area contributed by atoms with Gasteiger partial charge in [-0.05, 0) is 37.3 Å². The van der Waals surface area contributed by atoms with Crippen molar-refractivity contribution in [3.05, 3.63) is 69.7 Å². The number of benzene rings is 2. The van der Waals surface area contributed by atoms with Crippen LogP contribution in [0.4, 0.5) is 0 Å². The highest BCUT2D eigenvalue weighted by Gasteiger charge is 2.06. The molecule has 102 valence electrons. The van der Waals surface area contributed by atoms with Crippen molar-refractivity contribution >= 4 is 34.8 Å². The molecule has 1 amide bonds. The van der Waals surface area contributed by atoms with Gasteiger partial charge in [0.25, 0.3) is 5.91 Å². The first kappa shape index (κ1) is 14.6. The highest BCUT2D eigenvalue weighted by atomic mass is 35.5. The molecule has 0 saturated carbocycles. The van der Waals surface area contributed by atoms with Gasteiger partial charge in [-0.25, -0.2) is 5.43 Å². The number of hydrogen-bond acceptors (Lipinski definition) is 2. The first-order valence-corrected chi connectivity index (χ1v) is 6.68. The van der Waals surface area contributed by atoms with E-state index in [0.717, 1.165) is 5.56 Å². The fourth-order valence-corrected chi connectivity index (χ4v) is 2.01. The number of halogens is 2. The smallest absolute Gasteiger partial charge is 0.267 e. The third kappa shape index (κ3) is 3.59. The van der Waals surface area contributed by atoms with Crippen LogP contribution in [0.3, 0.4) is 0 Å². The Morgan fingerprint density at radius 1 is 1.05 bits per heavy atom. The summed E-state index contributed by atoms with van der Waals surface area (Å²) in [6, 6.07) is 13.9. The maximum absolute atomic E-state index is 11.9. The average Bonchev–Trinajstić information content (AvgIpc) is 2.45. The van der Waals surface area contributed by atoms with Crippen molar-refractivity contribution in [2.45, 2.75) is 6.92 Å². The first-order valence-electron chi connectivity index (χ1n) is 5.93. The number of carbonyl (C=O) groups excluding carboxylic acids is 1. The van der Waals surface area contributed by atoms with Crippen LogP contribution in [-0.2, 0) is 0 Å². The Hall–Kier alpha value is -1.84. The molecule has 0 fully saturated rings. The summed E-state index contributed by atoms with van der Waals surface area (Å²) in [4.78, 5) is 11.9. The van der Waals surface area contributed by atoms with Crippen LogP contribution >= 0.6 is 23.2 Å². The molecule has 2 aromatic rings. The average molecular weight is 307 g/mol. The molecule has 5 heteroatoms. The van der Waals surface area contributed by atoms with Gasteiger partial charge in [-0.2, -0.15) is 5.10 Å². The molecule has 0 unspecified atom stereocenters. The zero-order valence-corrected chi connectivity index (χ0v) is 12.2. The minimum atomic E-state index is -0.298. The van der Waals surface area contributed by atoms with Gasteiger partial charge in [-0.3, -0.25) is 4.79 Å². The highest BCUT2D eigenvalue weighted by molar-refractivity contribution is 6.34. The highest BCUT2D eigenvalue weighted by Crippen LogP contribution is 2.15. The molecule has 0 aliphatic carbocycles. The van der Waals surface area contributed by atoms with Crippen molar-refractivity contribution in [3.63, 3.8) is 0 Å². The van der Waals surface area contributed by atoms with E-state index in [4.69, 9.17) is 23.2 Å². The summed E-state index contributed by atoms with van der Waals surface area (Å²) in [7, 11) is 0. The Balaban J connectivity index is 2.11. The van der Waals surface area contributed by atoms with Gasteiger partial charge in [-0.1, -0.05) is 41.4 Å². The molecule has 3 nitrogen and oxygen atoms in total. The fourth-order valence-electron chi connectivity index (χ4n) is 1.62. The van der Waals surface area contributed by atoms with Gasteiger partial charge in [0.1, 0.15) is 0 Å². The maximum atomic E-state index is 11.9. The number of nitrogens with one attached hydrogen (secondary N) is 1. The third-order valence-corrected chi connectivity index (χ3v) is 3.28. The number of amides is 1. The fraction of sp³-hybridized carbons (Fsp3) is 0.0667. The molecule has 0 atom stereocenters. The van der Waals surface area contributed by atoms with Crippen LogP contribution in [0.5, 0.6) is 0 Å². The Morgan fingerprint density at radius 2 is 1.70 bits per heavy atom.